The van der Waals surface area contributed by atoms with Gasteiger partial charge in [0, 0.05) is 34.6 Å². The summed E-state index contributed by atoms with van der Waals surface area (Å²) in [6.45, 7) is 5.51. The highest BCUT2D eigenvalue weighted by Crippen LogP contribution is 2.34. The van der Waals surface area contributed by atoms with Crippen molar-refractivity contribution in [3.05, 3.63) is 0 Å². The number of rotatable bonds is 6. The molecule has 0 radical (unpaired) electrons. The molecule has 27 heavy (non-hydrogen) atoms. The van der Waals surface area contributed by atoms with Gasteiger partial charge < -0.3 is 23.7 Å². The van der Waals surface area contributed by atoms with Crippen LogP contribution < -0.4 is 0 Å². The molecule has 0 N–H and O–H groups in total. The maximum absolute atomic E-state index is 11.6. The van der Waals surface area contributed by atoms with Crippen LogP contribution in [-0.2, 0) is 47.7 Å². The van der Waals surface area contributed by atoms with Crippen molar-refractivity contribution in [2.24, 2.45) is 0 Å². The molecule has 0 spiro atoms. The second kappa shape index (κ2) is 10.3. The normalized spacial score (nSPS) is 27.2. The van der Waals surface area contributed by atoms with Crippen LogP contribution in [0.2, 0.25) is 0 Å². The Labute approximate surface area is 160 Å². The van der Waals surface area contributed by atoms with Gasteiger partial charge in [-0.3, -0.25) is 24.0 Å². The average molecular weight is 406 g/mol. The molecule has 0 aliphatic carbocycles. The Kier molecular flexibility index (Phi) is 8.70. The first-order valence-corrected chi connectivity index (χ1v) is 8.87. The molecular weight excluding hydrogens is 384 g/mol. The Morgan fingerprint density at radius 1 is 0.741 bits per heavy atom. The number of carbonyl (C=O) groups is 5. The summed E-state index contributed by atoms with van der Waals surface area (Å²) in [4.78, 5) is 57.3. The van der Waals surface area contributed by atoms with Crippen molar-refractivity contribution in [3.8, 4) is 0 Å². The van der Waals surface area contributed by atoms with Gasteiger partial charge >= 0.3 is 23.9 Å². The van der Waals surface area contributed by atoms with Crippen LogP contribution in [0.15, 0.2) is 0 Å². The molecule has 5 atom stereocenters. The second-order valence-corrected chi connectivity index (χ2v) is 6.95. The summed E-state index contributed by atoms with van der Waals surface area (Å²) in [6.07, 6.45) is -4.76. The standard InChI is InChI=1S/C16H22O10S/c1-7(17)22-6-12-13(23-8(2)18)14(24-9(3)19)15(25-10(4)20)16(26-12)27-11(5)21/h12-16H,6H2,1-5H3/t12?,13-,14?,15-,16+/m0/s1. The van der Waals surface area contributed by atoms with E-state index in [4.69, 9.17) is 23.7 Å². The van der Waals surface area contributed by atoms with E-state index in [9.17, 15) is 24.0 Å². The third kappa shape index (κ3) is 7.55. The molecule has 1 fully saturated rings. The molecular formula is C16H22O10S. The van der Waals surface area contributed by atoms with E-state index in [2.05, 4.69) is 0 Å². The second-order valence-electron chi connectivity index (χ2n) is 5.68. The van der Waals surface area contributed by atoms with Crippen molar-refractivity contribution >= 4 is 40.8 Å². The van der Waals surface area contributed by atoms with Gasteiger partial charge in [-0.15, -0.1) is 0 Å². The summed E-state index contributed by atoms with van der Waals surface area (Å²) in [5.74, 6) is -2.76. The van der Waals surface area contributed by atoms with Crippen LogP contribution in [0.25, 0.3) is 0 Å². The number of hydrogen-bond donors (Lipinski definition) is 0. The summed E-state index contributed by atoms with van der Waals surface area (Å²) < 4.78 is 26.2. The summed E-state index contributed by atoms with van der Waals surface area (Å²) in [7, 11) is 0. The third-order valence-electron chi connectivity index (χ3n) is 3.23. The monoisotopic (exact) mass is 406 g/mol. The average Bonchev–Trinajstić information content (AvgIpc) is 2.49. The smallest absolute Gasteiger partial charge is 0.303 e. The Bertz CT molecular complexity index is 604. The molecule has 0 aromatic heterocycles. The van der Waals surface area contributed by atoms with E-state index >= 15 is 0 Å². The van der Waals surface area contributed by atoms with Gasteiger partial charge in [0.25, 0.3) is 0 Å². The van der Waals surface area contributed by atoms with E-state index in [1.54, 1.807) is 0 Å². The maximum atomic E-state index is 11.6. The lowest BCUT2D eigenvalue weighted by atomic mass is 9.99. The molecule has 1 aliphatic heterocycles. The zero-order chi connectivity index (χ0) is 20.7. The van der Waals surface area contributed by atoms with Crippen molar-refractivity contribution in [2.75, 3.05) is 6.61 Å². The van der Waals surface area contributed by atoms with Crippen LogP contribution in [0.3, 0.4) is 0 Å². The highest BCUT2D eigenvalue weighted by atomic mass is 32.2. The van der Waals surface area contributed by atoms with Crippen LogP contribution in [0, 0.1) is 0 Å². The van der Waals surface area contributed by atoms with E-state index in [1.807, 2.05) is 0 Å². The Morgan fingerprint density at radius 3 is 1.67 bits per heavy atom. The SMILES string of the molecule is CC(=O)OCC1O[C@H](SC(C)=O)[C@@H](OC(C)=O)C(OC(C)=O)[C@H]1OC(C)=O. The van der Waals surface area contributed by atoms with Crippen molar-refractivity contribution in [3.63, 3.8) is 0 Å². The molecule has 0 bridgehead atoms. The Hall–Kier alpha value is -2.14. The molecule has 152 valence electrons. The fourth-order valence-corrected chi connectivity index (χ4v) is 3.32. The molecule has 1 heterocycles. The van der Waals surface area contributed by atoms with Gasteiger partial charge in [-0.05, 0) is 0 Å². The van der Waals surface area contributed by atoms with Crippen molar-refractivity contribution in [1.29, 1.82) is 0 Å². The molecule has 0 saturated carbocycles. The molecule has 1 aliphatic rings. The van der Waals surface area contributed by atoms with Crippen molar-refractivity contribution in [2.45, 2.75) is 64.5 Å². The number of hydrogen-bond acceptors (Lipinski definition) is 11. The highest BCUT2D eigenvalue weighted by Gasteiger charge is 2.52. The molecule has 11 heteroatoms. The predicted octanol–water partition coefficient (Wildman–Crippen LogP) is 0.349. The van der Waals surface area contributed by atoms with Gasteiger partial charge in [0.05, 0.1) is 0 Å². The van der Waals surface area contributed by atoms with Gasteiger partial charge in [-0.2, -0.15) is 0 Å². The van der Waals surface area contributed by atoms with Gasteiger partial charge in [-0.25, -0.2) is 0 Å². The minimum absolute atomic E-state index is 0.327. The summed E-state index contributed by atoms with van der Waals surface area (Å²) >= 11 is 0.705. The summed E-state index contributed by atoms with van der Waals surface area (Å²) in [5.41, 5.74) is -1.07. The van der Waals surface area contributed by atoms with E-state index in [-0.39, 0.29) is 11.7 Å². The van der Waals surface area contributed by atoms with Crippen LogP contribution >= 0.6 is 11.8 Å². The van der Waals surface area contributed by atoms with Crippen molar-refractivity contribution < 1.29 is 47.7 Å². The molecule has 1 saturated heterocycles. The lowest BCUT2D eigenvalue weighted by Crippen LogP contribution is -2.61. The quantitative estimate of drug-likeness (QED) is 0.447. The summed E-state index contributed by atoms with van der Waals surface area (Å²) in [5, 5.41) is -0.351. The fraction of sp³-hybridized carbons (Fsp3) is 0.688. The predicted molar refractivity (Wildman–Crippen MR) is 90.2 cm³/mol. The van der Waals surface area contributed by atoms with Crippen LogP contribution in [0.4, 0.5) is 0 Å². The lowest BCUT2D eigenvalue weighted by molar-refractivity contribution is -0.237. The molecule has 0 aromatic rings. The van der Waals surface area contributed by atoms with Crippen LogP contribution in [0.1, 0.15) is 34.6 Å². The number of carbonyl (C=O) groups excluding carboxylic acids is 5. The van der Waals surface area contributed by atoms with Gasteiger partial charge in [0.1, 0.15) is 12.7 Å². The largest absolute Gasteiger partial charge is 0.463 e. The van der Waals surface area contributed by atoms with Crippen LogP contribution in [-0.4, -0.2) is 65.5 Å². The Balaban J connectivity index is 3.29. The Morgan fingerprint density at radius 2 is 1.22 bits per heavy atom. The molecule has 0 amide bonds. The van der Waals surface area contributed by atoms with Gasteiger partial charge in [0.2, 0.25) is 0 Å². The molecule has 10 nitrogen and oxygen atoms in total. The van der Waals surface area contributed by atoms with E-state index in [0.29, 0.717) is 11.8 Å². The highest BCUT2D eigenvalue weighted by molar-refractivity contribution is 8.14. The van der Waals surface area contributed by atoms with E-state index in [1.165, 1.54) is 13.8 Å². The topological polar surface area (TPSA) is 132 Å². The zero-order valence-corrected chi connectivity index (χ0v) is 16.4. The number of esters is 4. The van der Waals surface area contributed by atoms with Crippen LogP contribution in [0.5, 0.6) is 0 Å². The number of thioether (sulfide) groups is 1. The van der Waals surface area contributed by atoms with E-state index in [0.717, 1.165) is 20.8 Å². The van der Waals surface area contributed by atoms with Gasteiger partial charge in [-0.1, -0.05) is 11.8 Å². The fourth-order valence-electron chi connectivity index (χ4n) is 2.45. The minimum atomic E-state index is -1.26. The first kappa shape index (κ1) is 22.9. The maximum Gasteiger partial charge on any atom is 0.303 e. The summed E-state index contributed by atoms with van der Waals surface area (Å²) in [6, 6.07) is 0. The zero-order valence-electron chi connectivity index (χ0n) is 15.6. The molecule has 1 rings (SSSR count). The molecule has 2 unspecified atom stereocenters. The first-order valence-electron chi connectivity index (χ1n) is 7.99. The lowest BCUT2D eigenvalue weighted by Gasteiger charge is -2.43. The minimum Gasteiger partial charge on any atom is -0.463 e. The number of ether oxygens (including phenoxy) is 5. The first-order chi connectivity index (χ1) is 12.5. The molecule has 0 aromatic carbocycles. The van der Waals surface area contributed by atoms with Crippen molar-refractivity contribution in [1.82, 2.24) is 0 Å². The van der Waals surface area contributed by atoms with E-state index < -0.39 is 53.7 Å². The van der Waals surface area contributed by atoms with Gasteiger partial charge in [0.15, 0.2) is 28.9 Å². The third-order valence-corrected chi connectivity index (χ3v) is 4.17.